The Morgan fingerprint density at radius 1 is 1.40 bits per heavy atom. The van der Waals surface area contributed by atoms with Gasteiger partial charge in [-0.3, -0.25) is 9.48 Å². The molecule has 1 unspecified atom stereocenters. The van der Waals surface area contributed by atoms with Crippen LogP contribution in [-0.2, 0) is 23.0 Å². The van der Waals surface area contributed by atoms with Crippen LogP contribution in [0.2, 0.25) is 0 Å². The van der Waals surface area contributed by atoms with Gasteiger partial charge in [0.05, 0.1) is 11.2 Å². The number of nitrogens with zero attached hydrogens (tertiary/aromatic N) is 2. The van der Waals surface area contributed by atoms with Gasteiger partial charge in [0.2, 0.25) is 0 Å². The third-order valence-electron chi connectivity index (χ3n) is 2.96. The van der Waals surface area contributed by atoms with Crippen molar-refractivity contribution < 1.29 is 9.53 Å². The summed E-state index contributed by atoms with van der Waals surface area (Å²) in [7, 11) is 1.88. The Kier molecular flexibility index (Phi) is 3.81. The van der Waals surface area contributed by atoms with Crippen molar-refractivity contribution in [2.75, 3.05) is 0 Å². The third kappa shape index (κ3) is 3.17. The molecule has 1 heterocycles. The van der Waals surface area contributed by atoms with Crippen molar-refractivity contribution in [2.24, 2.45) is 12.8 Å². The van der Waals surface area contributed by atoms with Crippen molar-refractivity contribution in [3.05, 3.63) is 30.0 Å². The summed E-state index contributed by atoms with van der Waals surface area (Å²) in [6.07, 6.45) is 0.371. The summed E-state index contributed by atoms with van der Waals surface area (Å²) in [5.41, 5.74) is 7.25. The second-order valence-corrected chi connectivity index (χ2v) is 5.93. The molecule has 0 spiro atoms. The molecular formula is C15H21N3O2. The van der Waals surface area contributed by atoms with Gasteiger partial charge in [-0.2, -0.15) is 5.10 Å². The maximum atomic E-state index is 11.9. The van der Waals surface area contributed by atoms with Crippen LogP contribution in [-0.4, -0.2) is 27.4 Å². The molecule has 1 aromatic carbocycles. The van der Waals surface area contributed by atoms with Crippen molar-refractivity contribution in [2.45, 2.75) is 38.8 Å². The topological polar surface area (TPSA) is 70.1 Å². The number of hydrogen-bond acceptors (Lipinski definition) is 4. The van der Waals surface area contributed by atoms with Gasteiger partial charge < -0.3 is 10.5 Å². The molecule has 0 fully saturated rings. The zero-order valence-corrected chi connectivity index (χ0v) is 12.4. The van der Waals surface area contributed by atoms with Crippen LogP contribution < -0.4 is 5.73 Å². The fraction of sp³-hybridized carbons (Fsp3) is 0.467. The third-order valence-corrected chi connectivity index (χ3v) is 2.96. The van der Waals surface area contributed by atoms with E-state index in [9.17, 15) is 4.79 Å². The molecule has 5 nitrogen and oxygen atoms in total. The maximum Gasteiger partial charge on any atom is 0.323 e. The van der Waals surface area contributed by atoms with Crippen LogP contribution >= 0.6 is 0 Å². The molecule has 0 amide bonds. The van der Waals surface area contributed by atoms with E-state index in [2.05, 4.69) is 5.10 Å². The summed E-state index contributed by atoms with van der Waals surface area (Å²) < 4.78 is 7.09. The Balaban J connectivity index is 2.18. The number of carbonyl (C=O) groups is 1. The largest absolute Gasteiger partial charge is 0.459 e. The minimum absolute atomic E-state index is 0.371. The highest BCUT2D eigenvalue weighted by atomic mass is 16.6. The van der Waals surface area contributed by atoms with E-state index in [0.29, 0.717) is 6.42 Å². The lowest BCUT2D eigenvalue weighted by Crippen LogP contribution is -2.39. The molecule has 0 saturated carbocycles. The number of nitrogens with two attached hydrogens (primary N) is 1. The van der Waals surface area contributed by atoms with Crippen LogP contribution in [0, 0.1) is 0 Å². The Morgan fingerprint density at radius 3 is 2.70 bits per heavy atom. The minimum atomic E-state index is -0.701. The van der Waals surface area contributed by atoms with Gasteiger partial charge in [-0.15, -0.1) is 0 Å². The lowest BCUT2D eigenvalue weighted by molar-refractivity contribution is -0.156. The number of ether oxygens (including phenoxy) is 1. The van der Waals surface area contributed by atoms with E-state index in [-0.39, 0.29) is 0 Å². The van der Waals surface area contributed by atoms with Crippen molar-refractivity contribution in [3.8, 4) is 0 Å². The fourth-order valence-corrected chi connectivity index (χ4v) is 2.11. The van der Waals surface area contributed by atoms with E-state index in [1.807, 2.05) is 52.1 Å². The van der Waals surface area contributed by atoms with E-state index < -0.39 is 17.6 Å². The second-order valence-electron chi connectivity index (χ2n) is 5.93. The summed E-state index contributed by atoms with van der Waals surface area (Å²) in [5.74, 6) is -0.396. The van der Waals surface area contributed by atoms with Gasteiger partial charge in [0, 0.05) is 18.9 Å². The quantitative estimate of drug-likeness (QED) is 0.867. The van der Waals surface area contributed by atoms with Gasteiger partial charge in [0.25, 0.3) is 0 Å². The summed E-state index contributed by atoms with van der Waals surface area (Å²) in [6, 6.07) is 7.19. The van der Waals surface area contributed by atoms with Crippen LogP contribution in [0.15, 0.2) is 24.3 Å². The standard InChI is InChI=1S/C15H21N3O2/c1-15(2,3)20-14(19)11(16)9-12-10-7-5-6-8-13(10)18(4)17-12/h5-8,11H,9,16H2,1-4H3. The Morgan fingerprint density at radius 2 is 2.05 bits per heavy atom. The van der Waals surface area contributed by atoms with Crippen molar-refractivity contribution >= 4 is 16.9 Å². The predicted octanol–water partition coefficient (Wildman–Crippen LogP) is 1.78. The highest BCUT2D eigenvalue weighted by Gasteiger charge is 2.24. The minimum Gasteiger partial charge on any atom is -0.459 e. The molecule has 1 aromatic heterocycles. The number of para-hydroxylation sites is 1. The number of aryl methyl sites for hydroxylation is 1. The Bertz CT molecular complexity index is 626. The Labute approximate surface area is 118 Å². The number of fused-ring (bicyclic) bond motifs is 1. The molecule has 0 saturated heterocycles. The number of benzene rings is 1. The van der Waals surface area contributed by atoms with Gasteiger partial charge in [0.15, 0.2) is 0 Å². The molecule has 0 aliphatic rings. The smallest absolute Gasteiger partial charge is 0.323 e. The van der Waals surface area contributed by atoms with Gasteiger partial charge in [0.1, 0.15) is 11.6 Å². The highest BCUT2D eigenvalue weighted by Crippen LogP contribution is 2.19. The van der Waals surface area contributed by atoms with E-state index >= 15 is 0 Å². The summed E-state index contributed by atoms with van der Waals surface area (Å²) in [4.78, 5) is 11.9. The molecule has 0 aliphatic heterocycles. The van der Waals surface area contributed by atoms with Crippen LogP contribution in [0.25, 0.3) is 10.9 Å². The van der Waals surface area contributed by atoms with Crippen LogP contribution in [0.3, 0.4) is 0 Å². The van der Waals surface area contributed by atoms with E-state index in [1.165, 1.54) is 0 Å². The molecule has 0 bridgehead atoms. The van der Waals surface area contributed by atoms with E-state index in [0.717, 1.165) is 16.6 Å². The highest BCUT2D eigenvalue weighted by molar-refractivity contribution is 5.83. The molecular weight excluding hydrogens is 254 g/mol. The molecule has 0 radical (unpaired) electrons. The predicted molar refractivity (Wildman–Crippen MR) is 78.2 cm³/mol. The van der Waals surface area contributed by atoms with Gasteiger partial charge in [-0.05, 0) is 26.8 Å². The lowest BCUT2D eigenvalue weighted by Gasteiger charge is -2.21. The SMILES string of the molecule is Cn1nc(CC(N)C(=O)OC(C)(C)C)c2ccccc21. The number of esters is 1. The molecule has 20 heavy (non-hydrogen) atoms. The number of rotatable bonds is 3. The van der Waals surface area contributed by atoms with Gasteiger partial charge in [-0.25, -0.2) is 0 Å². The first-order chi connectivity index (χ1) is 9.28. The normalized spacial score (nSPS) is 13.4. The van der Waals surface area contributed by atoms with Crippen LogP contribution in [0.1, 0.15) is 26.5 Å². The number of aromatic nitrogens is 2. The number of hydrogen-bond donors (Lipinski definition) is 1. The summed E-state index contributed by atoms with van der Waals surface area (Å²) >= 11 is 0. The molecule has 108 valence electrons. The summed E-state index contributed by atoms with van der Waals surface area (Å²) in [6.45, 7) is 5.48. The zero-order chi connectivity index (χ0) is 14.9. The molecule has 2 rings (SSSR count). The van der Waals surface area contributed by atoms with Crippen LogP contribution in [0.4, 0.5) is 0 Å². The van der Waals surface area contributed by atoms with E-state index in [1.54, 1.807) is 4.68 Å². The number of carbonyl (C=O) groups excluding carboxylic acids is 1. The van der Waals surface area contributed by atoms with Crippen molar-refractivity contribution in [1.82, 2.24) is 9.78 Å². The average molecular weight is 275 g/mol. The average Bonchev–Trinajstić information content (AvgIpc) is 2.65. The first-order valence-corrected chi connectivity index (χ1v) is 6.67. The Hall–Kier alpha value is -1.88. The van der Waals surface area contributed by atoms with Crippen molar-refractivity contribution in [1.29, 1.82) is 0 Å². The molecule has 0 aliphatic carbocycles. The maximum absolute atomic E-state index is 11.9. The van der Waals surface area contributed by atoms with Gasteiger partial charge >= 0.3 is 5.97 Å². The molecule has 5 heteroatoms. The molecule has 1 atom stereocenters. The lowest BCUT2D eigenvalue weighted by atomic mass is 10.1. The zero-order valence-electron chi connectivity index (χ0n) is 12.4. The van der Waals surface area contributed by atoms with Crippen molar-refractivity contribution in [3.63, 3.8) is 0 Å². The first-order valence-electron chi connectivity index (χ1n) is 6.67. The van der Waals surface area contributed by atoms with Crippen LogP contribution in [0.5, 0.6) is 0 Å². The van der Waals surface area contributed by atoms with Gasteiger partial charge in [-0.1, -0.05) is 18.2 Å². The monoisotopic (exact) mass is 275 g/mol. The van der Waals surface area contributed by atoms with E-state index in [4.69, 9.17) is 10.5 Å². The molecule has 2 aromatic rings. The second kappa shape index (κ2) is 5.25. The summed E-state index contributed by atoms with van der Waals surface area (Å²) in [5, 5.41) is 5.46. The fourth-order valence-electron chi connectivity index (χ4n) is 2.11. The first kappa shape index (κ1) is 14.5. The molecule has 2 N–H and O–H groups in total.